The van der Waals surface area contributed by atoms with Gasteiger partial charge in [0.2, 0.25) is 10.0 Å². The summed E-state index contributed by atoms with van der Waals surface area (Å²) in [6.07, 6.45) is 0. The fraction of sp³-hybridized carbons (Fsp3) is 0.250. The molecule has 1 heterocycles. The van der Waals surface area contributed by atoms with Crippen LogP contribution in [-0.4, -0.2) is 19.2 Å². The summed E-state index contributed by atoms with van der Waals surface area (Å²) in [5, 5.41) is 0.424. The average Bonchev–Trinajstić information content (AvgIpc) is 2.70. The van der Waals surface area contributed by atoms with Gasteiger partial charge in [0.15, 0.2) is 5.13 Å². The summed E-state index contributed by atoms with van der Waals surface area (Å²) >= 11 is 1.35. The molecule has 4 nitrogen and oxygen atoms in total. The van der Waals surface area contributed by atoms with Crippen molar-refractivity contribution in [1.82, 2.24) is 4.98 Å². The first-order valence-corrected chi connectivity index (χ1v) is 8.02. The Morgan fingerprint density at radius 2 is 1.94 bits per heavy atom. The Hall–Kier alpha value is -1.40. The number of anilines is 1. The fourth-order valence-corrected chi connectivity index (χ4v) is 3.33. The van der Waals surface area contributed by atoms with E-state index in [9.17, 15) is 8.42 Å². The van der Waals surface area contributed by atoms with Crippen LogP contribution in [0.2, 0.25) is 0 Å². The number of hydrogen-bond donors (Lipinski definition) is 1. The third-order valence-electron chi connectivity index (χ3n) is 2.46. The Morgan fingerprint density at radius 1 is 1.28 bits per heavy atom. The number of rotatable bonds is 4. The molecule has 0 aliphatic rings. The molecule has 0 aliphatic carbocycles. The van der Waals surface area contributed by atoms with Crippen LogP contribution in [0.15, 0.2) is 30.3 Å². The Kier molecular flexibility index (Phi) is 3.68. The fourth-order valence-electron chi connectivity index (χ4n) is 1.50. The normalized spacial score (nSPS) is 11.4. The molecular formula is C12H14N2O2S2. The second kappa shape index (κ2) is 5.07. The van der Waals surface area contributed by atoms with E-state index in [0.29, 0.717) is 5.13 Å². The number of nitrogens with zero attached hydrogens (tertiary/aromatic N) is 1. The van der Waals surface area contributed by atoms with Gasteiger partial charge >= 0.3 is 0 Å². The van der Waals surface area contributed by atoms with Crippen LogP contribution in [0.5, 0.6) is 0 Å². The largest absolute Gasteiger partial charge is 0.259 e. The van der Waals surface area contributed by atoms with Gasteiger partial charge in [-0.15, -0.1) is 0 Å². The van der Waals surface area contributed by atoms with Crippen LogP contribution >= 0.6 is 11.3 Å². The van der Waals surface area contributed by atoms with Crippen molar-refractivity contribution >= 4 is 26.5 Å². The number of sulfonamides is 1. The highest BCUT2D eigenvalue weighted by Gasteiger charge is 2.13. The maximum Gasteiger partial charge on any atom is 0.234 e. The highest BCUT2D eigenvalue weighted by atomic mass is 32.2. The molecule has 0 fully saturated rings. The lowest BCUT2D eigenvalue weighted by atomic mass is 10.2. The summed E-state index contributed by atoms with van der Waals surface area (Å²) < 4.78 is 25.4. The van der Waals surface area contributed by atoms with Gasteiger partial charge in [0, 0.05) is 0 Å². The van der Waals surface area contributed by atoms with Crippen LogP contribution in [0.3, 0.4) is 0 Å². The third-order valence-corrected chi connectivity index (χ3v) is 4.97. The molecule has 0 radical (unpaired) electrons. The number of hydrogen-bond acceptors (Lipinski definition) is 4. The van der Waals surface area contributed by atoms with Crippen molar-refractivity contribution in [2.75, 3.05) is 10.5 Å². The van der Waals surface area contributed by atoms with Crippen molar-refractivity contribution in [2.24, 2.45) is 0 Å². The highest BCUT2D eigenvalue weighted by Crippen LogP contribution is 2.32. The lowest BCUT2D eigenvalue weighted by Crippen LogP contribution is -2.14. The van der Waals surface area contributed by atoms with Crippen LogP contribution in [0.4, 0.5) is 5.13 Å². The average molecular weight is 282 g/mol. The van der Waals surface area contributed by atoms with E-state index in [-0.39, 0.29) is 5.75 Å². The van der Waals surface area contributed by atoms with Crippen LogP contribution in [-0.2, 0) is 10.0 Å². The molecule has 0 unspecified atom stereocenters. The minimum atomic E-state index is -3.26. The number of benzene rings is 1. The van der Waals surface area contributed by atoms with Crippen LogP contribution in [0.25, 0.3) is 10.4 Å². The van der Waals surface area contributed by atoms with E-state index in [1.54, 1.807) is 6.92 Å². The second-order valence-corrected chi connectivity index (χ2v) is 6.82. The monoisotopic (exact) mass is 282 g/mol. The molecule has 0 spiro atoms. The molecule has 1 N–H and O–H groups in total. The molecule has 0 bridgehead atoms. The van der Waals surface area contributed by atoms with E-state index in [0.717, 1.165) is 16.1 Å². The van der Waals surface area contributed by atoms with Crippen molar-refractivity contribution < 1.29 is 8.42 Å². The predicted octanol–water partition coefficient (Wildman–Crippen LogP) is 2.88. The Labute approximate surface area is 111 Å². The number of aryl methyl sites for hydroxylation is 1. The van der Waals surface area contributed by atoms with Gasteiger partial charge in [0.25, 0.3) is 0 Å². The first kappa shape index (κ1) is 13.0. The number of thiazole rings is 1. The van der Waals surface area contributed by atoms with E-state index in [2.05, 4.69) is 9.71 Å². The Morgan fingerprint density at radius 3 is 2.56 bits per heavy atom. The minimum Gasteiger partial charge on any atom is -0.259 e. The van der Waals surface area contributed by atoms with E-state index in [1.165, 1.54) is 11.3 Å². The van der Waals surface area contributed by atoms with Gasteiger partial charge in [0.05, 0.1) is 16.3 Å². The summed E-state index contributed by atoms with van der Waals surface area (Å²) in [6.45, 7) is 3.48. The standard InChI is InChI=1S/C12H14N2O2S2/c1-3-18(15,16)14-12-13-9(2)11(17-12)10-7-5-4-6-8-10/h4-8H,3H2,1-2H3,(H,13,14). The predicted molar refractivity (Wildman–Crippen MR) is 75.4 cm³/mol. The third kappa shape index (κ3) is 2.88. The molecule has 0 amide bonds. The lowest BCUT2D eigenvalue weighted by molar-refractivity contribution is 0.602. The zero-order valence-corrected chi connectivity index (χ0v) is 11.8. The van der Waals surface area contributed by atoms with E-state index in [1.807, 2.05) is 37.3 Å². The molecule has 0 aliphatic heterocycles. The van der Waals surface area contributed by atoms with Gasteiger partial charge in [-0.1, -0.05) is 41.7 Å². The molecule has 2 rings (SSSR count). The molecule has 2 aromatic rings. The van der Waals surface area contributed by atoms with Crippen LogP contribution < -0.4 is 4.72 Å². The van der Waals surface area contributed by atoms with Gasteiger partial charge in [-0.25, -0.2) is 13.4 Å². The van der Waals surface area contributed by atoms with Crippen molar-refractivity contribution in [2.45, 2.75) is 13.8 Å². The zero-order chi connectivity index (χ0) is 13.2. The minimum absolute atomic E-state index is 0.0479. The maximum absolute atomic E-state index is 11.5. The van der Waals surface area contributed by atoms with Gasteiger partial charge in [-0.2, -0.15) is 0 Å². The molecule has 1 aromatic heterocycles. The number of aromatic nitrogens is 1. The molecule has 96 valence electrons. The molecule has 1 aromatic carbocycles. The lowest BCUT2D eigenvalue weighted by Gasteiger charge is -2.00. The van der Waals surface area contributed by atoms with Crippen LogP contribution in [0, 0.1) is 6.92 Å². The number of nitrogens with one attached hydrogen (secondary N) is 1. The Balaban J connectivity index is 2.34. The zero-order valence-electron chi connectivity index (χ0n) is 10.2. The Bertz CT molecular complexity index is 633. The first-order chi connectivity index (χ1) is 8.52. The second-order valence-electron chi connectivity index (χ2n) is 3.81. The van der Waals surface area contributed by atoms with Gasteiger partial charge < -0.3 is 0 Å². The van der Waals surface area contributed by atoms with E-state index >= 15 is 0 Å². The summed E-state index contributed by atoms with van der Waals surface area (Å²) in [5.74, 6) is 0.0479. The SMILES string of the molecule is CCS(=O)(=O)Nc1nc(C)c(-c2ccccc2)s1. The molecule has 18 heavy (non-hydrogen) atoms. The molecular weight excluding hydrogens is 268 g/mol. The first-order valence-electron chi connectivity index (χ1n) is 5.55. The molecule has 0 atom stereocenters. The molecule has 0 saturated carbocycles. The van der Waals surface area contributed by atoms with Crippen molar-refractivity contribution in [3.05, 3.63) is 36.0 Å². The maximum atomic E-state index is 11.5. The van der Waals surface area contributed by atoms with Gasteiger partial charge in [-0.05, 0) is 19.4 Å². The highest BCUT2D eigenvalue weighted by molar-refractivity contribution is 7.92. The van der Waals surface area contributed by atoms with Gasteiger partial charge in [-0.3, -0.25) is 4.72 Å². The summed E-state index contributed by atoms with van der Waals surface area (Å²) in [4.78, 5) is 5.24. The van der Waals surface area contributed by atoms with E-state index in [4.69, 9.17) is 0 Å². The summed E-state index contributed by atoms with van der Waals surface area (Å²) in [6, 6.07) is 9.81. The summed E-state index contributed by atoms with van der Waals surface area (Å²) in [5.41, 5.74) is 1.88. The quantitative estimate of drug-likeness (QED) is 0.938. The van der Waals surface area contributed by atoms with Crippen LogP contribution in [0.1, 0.15) is 12.6 Å². The van der Waals surface area contributed by atoms with Gasteiger partial charge in [0.1, 0.15) is 0 Å². The smallest absolute Gasteiger partial charge is 0.234 e. The molecule has 0 saturated heterocycles. The van der Waals surface area contributed by atoms with Crippen molar-refractivity contribution in [3.63, 3.8) is 0 Å². The summed E-state index contributed by atoms with van der Waals surface area (Å²) in [7, 11) is -3.26. The van der Waals surface area contributed by atoms with Crippen molar-refractivity contribution in [1.29, 1.82) is 0 Å². The van der Waals surface area contributed by atoms with Crippen molar-refractivity contribution in [3.8, 4) is 10.4 Å². The topological polar surface area (TPSA) is 59.1 Å². The van der Waals surface area contributed by atoms with E-state index < -0.39 is 10.0 Å². The molecule has 6 heteroatoms.